The van der Waals surface area contributed by atoms with E-state index in [9.17, 15) is 0 Å². The Morgan fingerprint density at radius 3 is 2.38 bits per heavy atom. The zero-order valence-electron chi connectivity index (χ0n) is 6.55. The normalized spacial score (nSPS) is 8.85. The van der Waals surface area contributed by atoms with Gasteiger partial charge in [-0.3, -0.25) is 11.3 Å². The maximum absolute atomic E-state index is 5.85. The summed E-state index contributed by atoms with van der Waals surface area (Å²) in [6.07, 6.45) is 0.818. The maximum Gasteiger partial charge on any atom is 0.0976 e. The first-order valence-corrected chi connectivity index (χ1v) is 4.68. The van der Waals surface area contributed by atoms with Gasteiger partial charge in [-0.05, 0) is 18.1 Å². The van der Waals surface area contributed by atoms with Crippen molar-refractivity contribution < 1.29 is 0 Å². The monoisotopic (exact) mass is 282 g/mol. The van der Waals surface area contributed by atoms with Crippen LogP contribution in [0.5, 0.6) is 0 Å². The molecule has 7 heteroatoms. The zero-order valence-corrected chi connectivity index (χ0v) is 10.5. The van der Waals surface area contributed by atoms with Crippen molar-refractivity contribution in [1.29, 1.82) is 0 Å². The zero-order chi connectivity index (χ0) is 8.27. The van der Waals surface area contributed by atoms with Crippen LogP contribution in [-0.2, 0) is 6.42 Å². The molecule has 13 heavy (non-hydrogen) atoms. The van der Waals surface area contributed by atoms with Gasteiger partial charge in [-0.15, -0.1) is 36.2 Å². The van der Waals surface area contributed by atoms with Crippen LogP contribution in [0.2, 0.25) is 8.67 Å². The summed E-state index contributed by atoms with van der Waals surface area (Å²) in [7, 11) is 0. The van der Waals surface area contributed by atoms with Crippen molar-refractivity contribution in [3.8, 4) is 0 Å². The van der Waals surface area contributed by atoms with Crippen LogP contribution in [0, 0.1) is 0 Å². The van der Waals surface area contributed by atoms with Crippen LogP contribution in [-0.4, -0.2) is 6.54 Å². The topological polar surface area (TPSA) is 38.0 Å². The Hall–Kier alpha value is 0.780. The Morgan fingerprint density at radius 2 is 2.00 bits per heavy atom. The molecule has 0 radical (unpaired) electrons. The van der Waals surface area contributed by atoms with Gasteiger partial charge in [0.1, 0.15) is 0 Å². The molecule has 0 unspecified atom stereocenters. The van der Waals surface area contributed by atoms with Gasteiger partial charge in [0.2, 0.25) is 0 Å². The number of hydrogen-bond acceptors (Lipinski definition) is 3. The van der Waals surface area contributed by atoms with E-state index in [1.54, 1.807) is 0 Å². The van der Waals surface area contributed by atoms with Gasteiger partial charge in [0.15, 0.2) is 0 Å². The molecule has 1 aromatic rings. The summed E-state index contributed by atoms with van der Waals surface area (Å²) in [6, 6.07) is 1.87. The Balaban J connectivity index is 0. The van der Waals surface area contributed by atoms with Gasteiger partial charge in [-0.2, -0.15) is 0 Å². The fourth-order valence-corrected chi connectivity index (χ4v) is 2.30. The minimum atomic E-state index is 0. The Bertz CT molecular complexity index is 241. The fraction of sp³-hybridized carbons (Fsp3) is 0.333. The van der Waals surface area contributed by atoms with Gasteiger partial charge < -0.3 is 0 Å². The van der Waals surface area contributed by atoms with Crippen LogP contribution in [0.4, 0.5) is 0 Å². The second kappa shape index (κ2) is 8.12. The minimum Gasteiger partial charge on any atom is -0.271 e. The highest BCUT2D eigenvalue weighted by atomic mass is 35.5. The first-order chi connectivity index (χ1) is 5.24. The van der Waals surface area contributed by atoms with Crippen molar-refractivity contribution in [3.05, 3.63) is 20.3 Å². The lowest BCUT2D eigenvalue weighted by molar-refractivity contribution is 0.729. The molecule has 0 saturated carbocycles. The fourth-order valence-electron chi connectivity index (χ4n) is 0.752. The van der Waals surface area contributed by atoms with Gasteiger partial charge in [-0.1, -0.05) is 23.2 Å². The van der Waals surface area contributed by atoms with Crippen molar-refractivity contribution in [3.63, 3.8) is 0 Å². The first-order valence-electron chi connectivity index (χ1n) is 3.11. The number of rotatable bonds is 3. The molecule has 0 amide bonds. The van der Waals surface area contributed by atoms with Crippen molar-refractivity contribution in [2.24, 2.45) is 5.84 Å². The van der Waals surface area contributed by atoms with Crippen LogP contribution in [0.15, 0.2) is 6.07 Å². The highest BCUT2D eigenvalue weighted by Crippen LogP contribution is 2.31. The third-order valence-corrected chi connectivity index (χ3v) is 2.83. The SMILES string of the molecule is Cl.Cl.NNCCc1cc(Cl)sc1Cl. The molecule has 0 atom stereocenters. The lowest BCUT2D eigenvalue weighted by Gasteiger charge is -1.95. The molecule has 0 saturated heterocycles. The number of hydrazine groups is 1. The van der Waals surface area contributed by atoms with E-state index in [0.29, 0.717) is 6.54 Å². The number of nitrogens with one attached hydrogen (secondary N) is 1. The van der Waals surface area contributed by atoms with Gasteiger partial charge in [0, 0.05) is 6.54 Å². The average molecular weight is 284 g/mol. The third kappa shape index (κ3) is 5.27. The molecule has 1 heterocycles. The highest BCUT2D eigenvalue weighted by molar-refractivity contribution is 7.20. The molecular weight excluding hydrogens is 274 g/mol. The van der Waals surface area contributed by atoms with Crippen LogP contribution in [0.3, 0.4) is 0 Å². The number of hydrogen-bond donors (Lipinski definition) is 2. The second-order valence-electron chi connectivity index (χ2n) is 2.05. The van der Waals surface area contributed by atoms with Crippen molar-refractivity contribution in [1.82, 2.24) is 5.43 Å². The Morgan fingerprint density at radius 1 is 1.38 bits per heavy atom. The lowest BCUT2D eigenvalue weighted by atomic mass is 10.2. The molecule has 0 aromatic carbocycles. The van der Waals surface area contributed by atoms with E-state index in [4.69, 9.17) is 29.0 Å². The standard InChI is InChI=1S/C6H8Cl2N2S.2ClH/c7-5-3-4(1-2-10-9)6(8)11-5;;/h3,10H,1-2,9H2;2*1H. The number of thiophene rings is 1. The summed E-state index contributed by atoms with van der Waals surface area (Å²) in [6.45, 7) is 0.715. The predicted octanol–water partition coefficient (Wildman–Crippen LogP) is 2.90. The van der Waals surface area contributed by atoms with Gasteiger partial charge in [-0.25, -0.2) is 0 Å². The molecule has 0 aliphatic carbocycles. The maximum atomic E-state index is 5.85. The number of nitrogens with two attached hydrogens (primary N) is 1. The Labute approximate surface area is 104 Å². The lowest BCUT2D eigenvalue weighted by Crippen LogP contribution is -2.24. The number of halogens is 4. The first kappa shape index (κ1) is 16.2. The van der Waals surface area contributed by atoms with Gasteiger partial charge in [0.25, 0.3) is 0 Å². The molecule has 0 aliphatic rings. The molecule has 1 aromatic heterocycles. The smallest absolute Gasteiger partial charge is 0.0976 e. The van der Waals surface area contributed by atoms with E-state index >= 15 is 0 Å². The molecule has 3 N–H and O–H groups in total. The quantitative estimate of drug-likeness (QED) is 0.661. The molecular formula is C6H10Cl4N2S. The molecule has 0 bridgehead atoms. The summed E-state index contributed by atoms with van der Waals surface area (Å²) in [5.74, 6) is 5.11. The third-order valence-electron chi connectivity index (χ3n) is 1.27. The minimum absolute atomic E-state index is 0. The van der Waals surface area contributed by atoms with E-state index in [2.05, 4.69) is 5.43 Å². The van der Waals surface area contributed by atoms with Crippen molar-refractivity contribution in [2.45, 2.75) is 6.42 Å². The molecule has 0 spiro atoms. The summed E-state index contributed by atoms with van der Waals surface area (Å²) >= 11 is 13.0. The average Bonchev–Trinajstić information content (AvgIpc) is 2.26. The molecule has 1 rings (SSSR count). The molecule has 78 valence electrons. The predicted molar refractivity (Wildman–Crippen MR) is 64.7 cm³/mol. The van der Waals surface area contributed by atoms with E-state index < -0.39 is 0 Å². The van der Waals surface area contributed by atoms with E-state index in [1.807, 2.05) is 6.07 Å². The molecule has 0 aliphatic heterocycles. The summed E-state index contributed by atoms with van der Waals surface area (Å²) in [4.78, 5) is 0. The van der Waals surface area contributed by atoms with E-state index in [0.717, 1.165) is 20.7 Å². The van der Waals surface area contributed by atoms with Crippen LogP contribution in [0.25, 0.3) is 0 Å². The van der Waals surface area contributed by atoms with Crippen LogP contribution in [0.1, 0.15) is 5.56 Å². The van der Waals surface area contributed by atoms with E-state index in [1.165, 1.54) is 11.3 Å². The van der Waals surface area contributed by atoms with Gasteiger partial charge in [0.05, 0.1) is 8.67 Å². The van der Waals surface area contributed by atoms with Gasteiger partial charge >= 0.3 is 0 Å². The van der Waals surface area contributed by atoms with Crippen LogP contribution < -0.4 is 11.3 Å². The second-order valence-corrected chi connectivity index (χ2v) is 4.34. The van der Waals surface area contributed by atoms with E-state index in [-0.39, 0.29) is 24.8 Å². The van der Waals surface area contributed by atoms with Crippen molar-refractivity contribution >= 4 is 59.4 Å². The summed E-state index contributed by atoms with van der Waals surface area (Å²) < 4.78 is 1.48. The Kier molecular flexibility index (Phi) is 10.1. The highest BCUT2D eigenvalue weighted by Gasteiger charge is 2.04. The molecule has 2 nitrogen and oxygen atoms in total. The summed E-state index contributed by atoms with van der Waals surface area (Å²) in [5, 5.41) is 0. The largest absolute Gasteiger partial charge is 0.271 e. The summed E-state index contributed by atoms with van der Waals surface area (Å²) in [5.41, 5.74) is 3.61. The molecule has 0 fully saturated rings. The van der Waals surface area contributed by atoms with Crippen molar-refractivity contribution in [2.75, 3.05) is 6.54 Å². The van der Waals surface area contributed by atoms with Crippen LogP contribution >= 0.6 is 59.4 Å².